The normalized spacial score (nSPS) is 23.4. The van der Waals surface area contributed by atoms with Crippen molar-refractivity contribution in [1.29, 1.82) is 0 Å². The van der Waals surface area contributed by atoms with Crippen molar-refractivity contribution >= 4 is 5.91 Å². The van der Waals surface area contributed by atoms with Crippen LogP contribution in [0.15, 0.2) is 24.3 Å². The molecule has 0 radical (unpaired) electrons. The molecule has 98 valence electrons. The van der Waals surface area contributed by atoms with E-state index in [0.717, 1.165) is 0 Å². The summed E-state index contributed by atoms with van der Waals surface area (Å²) in [5, 5.41) is 18.8. The Bertz CT molecular complexity index is 423. The first kappa shape index (κ1) is 13.1. The minimum absolute atomic E-state index is 0.00569. The van der Waals surface area contributed by atoms with E-state index in [1.807, 2.05) is 31.2 Å². The summed E-state index contributed by atoms with van der Waals surface area (Å²) in [7, 11) is 0. The zero-order chi connectivity index (χ0) is 13.1. The zero-order valence-corrected chi connectivity index (χ0v) is 10.5. The van der Waals surface area contributed by atoms with Gasteiger partial charge in [-0.25, -0.2) is 0 Å². The van der Waals surface area contributed by atoms with Crippen LogP contribution in [0.4, 0.5) is 0 Å². The molecule has 18 heavy (non-hydrogen) atoms. The first-order valence-corrected chi connectivity index (χ1v) is 6.26. The van der Waals surface area contributed by atoms with Crippen LogP contribution in [0.1, 0.15) is 17.5 Å². The van der Waals surface area contributed by atoms with Gasteiger partial charge in [-0.1, -0.05) is 24.3 Å². The van der Waals surface area contributed by atoms with Gasteiger partial charge < -0.3 is 15.1 Å². The van der Waals surface area contributed by atoms with Gasteiger partial charge in [-0.2, -0.15) is 0 Å². The van der Waals surface area contributed by atoms with Gasteiger partial charge >= 0.3 is 0 Å². The number of aryl methyl sites for hydroxylation is 2. The maximum atomic E-state index is 11.9. The molecule has 2 rings (SSSR count). The molecule has 1 aromatic rings. The predicted octanol–water partition coefficient (Wildman–Crippen LogP) is 0.492. The lowest BCUT2D eigenvalue weighted by molar-refractivity contribution is -0.130. The second-order valence-electron chi connectivity index (χ2n) is 4.86. The van der Waals surface area contributed by atoms with Crippen LogP contribution in [0.25, 0.3) is 0 Å². The second-order valence-corrected chi connectivity index (χ2v) is 4.86. The molecule has 0 aliphatic carbocycles. The molecule has 0 saturated carbocycles. The summed E-state index contributed by atoms with van der Waals surface area (Å²) in [6, 6.07) is 8.00. The number of hydrogen-bond donors (Lipinski definition) is 2. The topological polar surface area (TPSA) is 60.8 Å². The van der Waals surface area contributed by atoms with Crippen molar-refractivity contribution in [3.05, 3.63) is 35.4 Å². The van der Waals surface area contributed by atoms with Gasteiger partial charge in [0.15, 0.2) is 0 Å². The summed E-state index contributed by atoms with van der Waals surface area (Å²) >= 11 is 0. The summed E-state index contributed by atoms with van der Waals surface area (Å²) in [4.78, 5) is 13.5. The van der Waals surface area contributed by atoms with Gasteiger partial charge in [0.25, 0.3) is 0 Å². The lowest BCUT2D eigenvalue weighted by Crippen LogP contribution is -2.30. The molecule has 1 aliphatic rings. The lowest BCUT2D eigenvalue weighted by atomic mass is 10.0. The number of carbonyl (C=O) groups is 1. The van der Waals surface area contributed by atoms with Crippen LogP contribution in [-0.4, -0.2) is 46.3 Å². The summed E-state index contributed by atoms with van der Waals surface area (Å²) in [5.41, 5.74) is 2.36. The van der Waals surface area contributed by atoms with E-state index in [4.69, 9.17) is 0 Å². The Morgan fingerprint density at radius 1 is 1.28 bits per heavy atom. The van der Waals surface area contributed by atoms with Gasteiger partial charge in [-0.3, -0.25) is 4.79 Å². The standard InChI is InChI=1S/C14H19NO3/c1-10-4-2-3-5-11(10)6-7-14(18)15-8-12(16)13(17)9-15/h2-5,12-13,16-17H,6-9H2,1H3/t12-,13+. The molecule has 1 amide bonds. The van der Waals surface area contributed by atoms with Crippen molar-refractivity contribution in [3.8, 4) is 0 Å². The van der Waals surface area contributed by atoms with Gasteiger partial charge in [0.1, 0.15) is 0 Å². The highest BCUT2D eigenvalue weighted by molar-refractivity contribution is 5.77. The Kier molecular flexibility index (Phi) is 3.99. The predicted molar refractivity (Wildman–Crippen MR) is 68.1 cm³/mol. The lowest BCUT2D eigenvalue weighted by Gasteiger charge is -2.15. The van der Waals surface area contributed by atoms with Gasteiger partial charge in [-0.15, -0.1) is 0 Å². The quantitative estimate of drug-likeness (QED) is 0.819. The van der Waals surface area contributed by atoms with Crippen molar-refractivity contribution < 1.29 is 15.0 Å². The van der Waals surface area contributed by atoms with Gasteiger partial charge in [-0.05, 0) is 24.5 Å². The number of hydrogen-bond acceptors (Lipinski definition) is 3. The van der Waals surface area contributed by atoms with Crippen LogP contribution in [-0.2, 0) is 11.2 Å². The highest BCUT2D eigenvalue weighted by atomic mass is 16.3. The molecule has 1 aromatic carbocycles. The van der Waals surface area contributed by atoms with E-state index < -0.39 is 12.2 Å². The Morgan fingerprint density at radius 2 is 1.89 bits per heavy atom. The Labute approximate surface area is 107 Å². The van der Waals surface area contributed by atoms with Crippen LogP contribution in [0.2, 0.25) is 0 Å². The third-order valence-electron chi connectivity index (χ3n) is 3.48. The number of benzene rings is 1. The molecule has 2 atom stereocenters. The van der Waals surface area contributed by atoms with E-state index in [9.17, 15) is 15.0 Å². The summed E-state index contributed by atoms with van der Waals surface area (Å²) in [5.74, 6) is -0.00569. The Hall–Kier alpha value is -1.39. The molecule has 4 nitrogen and oxygen atoms in total. The maximum absolute atomic E-state index is 11.9. The highest BCUT2D eigenvalue weighted by Crippen LogP contribution is 2.14. The number of carbonyl (C=O) groups excluding carboxylic acids is 1. The highest BCUT2D eigenvalue weighted by Gasteiger charge is 2.32. The van der Waals surface area contributed by atoms with Gasteiger partial charge in [0.2, 0.25) is 5.91 Å². The van der Waals surface area contributed by atoms with Crippen molar-refractivity contribution in [3.63, 3.8) is 0 Å². The summed E-state index contributed by atoms with van der Waals surface area (Å²) < 4.78 is 0. The number of aliphatic hydroxyl groups excluding tert-OH is 2. The van der Waals surface area contributed by atoms with Crippen molar-refractivity contribution in [2.45, 2.75) is 32.0 Å². The van der Waals surface area contributed by atoms with E-state index in [2.05, 4.69) is 0 Å². The number of likely N-dealkylation sites (tertiary alicyclic amines) is 1. The fourth-order valence-electron chi connectivity index (χ4n) is 2.26. The van der Waals surface area contributed by atoms with Gasteiger partial charge in [0, 0.05) is 19.5 Å². The molecule has 0 unspecified atom stereocenters. The fourth-order valence-corrected chi connectivity index (χ4v) is 2.26. The van der Waals surface area contributed by atoms with E-state index in [0.29, 0.717) is 12.8 Å². The fraction of sp³-hybridized carbons (Fsp3) is 0.500. The maximum Gasteiger partial charge on any atom is 0.223 e. The van der Waals surface area contributed by atoms with Crippen LogP contribution < -0.4 is 0 Å². The van der Waals surface area contributed by atoms with Crippen LogP contribution in [0.5, 0.6) is 0 Å². The van der Waals surface area contributed by atoms with Crippen LogP contribution in [0, 0.1) is 6.92 Å². The molecule has 0 spiro atoms. The number of amides is 1. The second kappa shape index (κ2) is 5.50. The zero-order valence-electron chi connectivity index (χ0n) is 10.5. The van der Waals surface area contributed by atoms with Crippen molar-refractivity contribution in [1.82, 2.24) is 4.90 Å². The molecule has 2 N–H and O–H groups in total. The Balaban J connectivity index is 1.88. The first-order chi connectivity index (χ1) is 8.58. The van der Waals surface area contributed by atoms with E-state index in [-0.39, 0.29) is 19.0 Å². The first-order valence-electron chi connectivity index (χ1n) is 6.26. The molecule has 0 bridgehead atoms. The molecule has 0 aromatic heterocycles. The number of aliphatic hydroxyl groups is 2. The molecule has 1 heterocycles. The van der Waals surface area contributed by atoms with Gasteiger partial charge in [0.05, 0.1) is 12.2 Å². The molecular formula is C14H19NO3. The number of rotatable bonds is 3. The van der Waals surface area contributed by atoms with E-state index >= 15 is 0 Å². The van der Waals surface area contributed by atoms with E-state index in [1.165, 1.54) is 16.0 Å². The molecular weight excluding hydrogens is 230 g/mol. The number of nitrogens with zero attached hydrogens (tertiary/aromatic N) is 1. The third kappa shape index (κ3) is 2.89. The molecule has 1 fully saturated rings. The molecule has 1 saturated heterocycles. The average molecular weight is 249 g/mol. The van der Waals surface area contributed by atoms with Crippen molar-refractivity contribution in [2.24, 2.45) is 0 Å². The molecule has 4 heteroatoms. The third-order valence-corrected chi connectivity index (χ3v) is 3.48. The van der Waals surface area contributed by atoms with Crippen molar-refractivity contribution in [2.75, 3.05) is 13.1 Å². The average Bonchev–Trinajstić information content (AvgIpc) is 2.68. The van der Waals surface area contributed by atoms with E-state index in [1.54, 1.807) is 0 Å². The monoisotopic (exact) mass is 249 g/mol. The smallest absolute Gasteiger partial charge is 0.223 e. The minimum atomic E-state index is -0.799. The minimum Gasteiger partial charge on any atom is -0.388 e. The summed E-state index contributed by atoms with van der Waals surface area (Å²) in [6.45, 7) is 2.52. The Morgan fingerprint density at radius 3 is 2.50 bits per heavy atom. The summed E-state index contributed by atoms with van der Waals surface area (Å²) in [6.07, 6.45) is -0.474. The van der Waals surface area contributed by atoms with Crippen LogP contribution in [0.3, 0.4) is 0 Å². The number of β-amino-alcohol motifs (C(OH)–C–C–N with tert-alkyl or cyclic N) is 2. The largest absolute Gasteiger partial charge is 0.388 e. The van der Waals surface area contributed by atoms with Crippen LogP contribution >= 0.6 is 0 Å². The SMILES string of the molecule is Cc1ccccc1CCC(=O)N1C[C@@H](O)[C@@H](O)C1. The molecule has 1 aliphatic heterocycles.